The van der Waals surface area contributed by atoms with Crippen molar-refractivity contribution in [2.24, 2.45) is 5.92 Å². The molecule has 3 rings (SSSR count). The normalized spacial score (nSPS) is 16.4. The number of carbonyl (C=O) groups is 1. The van der Waals surface area contributed by atoms with Gasteiger partial charge in [-0.05, 0) is 46.0 Å². The van der Waals surface area contributed by atoms with E-state index in [0.717, 1.165) is 24.8 Å². The van der Waals surface area contributed by atoms with Gasteiger partial charge in [0.1, 0.15) is 10.4 Å². The average Bonchev–Trinajstić information content (AvgIpc) is 3.14. The Morgan fingerprint density at radius 2 is 1.81 bits per heavy atom. The number of benzene rings is 1. The first-order valence-electron chi connectivity index (χ1n) is 9.12. The van der Waals surface area contributed by atoms with E-state index in [1.54, 1.807) is 36.7 Å². The molecule has 0 aliphatic heterocycles. The molecule has 0 saturated heterocycles. The molecule has 2 aromatic rings. The summed E-state index contributed by atoms with van der Waals surface area (Å²) in [6, 6.07) is 6.75. The molecule has 27 heavy (non-hydrogen) atoms. The van der Waals surface area contributed by atoms with Crippen LogP contribution in [0.4, 0.5) is 0 Å². The van der Waals surface area contributed by atoms with E-state index in [1.807, 2.05) is 0 Å². The zero-order valence-electron chi connectivity index (χ0n) is 15.3. The Morgan fingerprint density at radius 3 is 2.37 bits per heavy atom. The third-order valence-corrected chi connectivity index (χ3v) is 6.71. The molecule has 1 fully saturated rings. The maximum Gasteiger partial charge on any atom is 0.175 e. The van der Waals surface area contributed by atoms with Gasteiger partial charge in [-0.25, -0.2) is 13.4 Å². The highest BCUT2D eigenvalue weighted by Gasteiger charge is 2.27. The second-order valence-corrected chi connectivity index (χ2v) is 10.1. The molecular formula is C20H23BrN2O3S. The predicted molar refractivity (Wildman–Crippen MR) is 107 cm³/mol. The lowest BCUT2D eigenvalue weighted by molar-refractivity contribution is -0.120. The summed E-state index contributed by atoms with van der Waals surface area (Å²) in [4.78, 5) is 21.7. The van der Waals surface area contributed by atoms with E-state index in [-0.39, 0.29) is 23.0 Å². The zero-order valence-corrected chi connectivity index (χ0v) is 17.7. The van der Waals surface area contributed by atoms with E-state index in [0.29, 0.717) is 16.2 Å². The van der Waals surface area contributed by atoms with Crippen LogP contribution in [0.2, 0.25) is 0 Å². The third-order valence-electron chi connectivity index (χ3n) is 5.17. The highest BCUT2D eigenvalue weighted by molar-refractivity contribution is 9.10. The van der Waals surface area contributed by atoms with Crippen molar-refractivity contribution < 1.29 is 13.2 Å². The van der Waals surface area contributed by atoms with Crippen LogP contribution in [0.15, 0.2) is 46.2 Å². The fourth-order valence-corrected chi connectivity index (χ4v) is 4.55. The smallest absolute Gasteiger partial charge is 0.175 e. The standard InChI is InChI=1S/C20H23BrN2O3S/c1-27(25,26)17-8-6-15(7-9-17)18(10-14-4-2-3-5-14)19(24)11-16-12-23-20(21)13-22-16/h6-9,12-14,18H,2-5,10-11H2,1H3/t18-/m1/s1. The lowest BCUT2D eigenvalue weighted by Gasteiger charge is -2.20. The van der Waals surface area contributed by atoms with Crippen molar-refractivity contribution in [3.8, 4) is 0 Å². The van der Waals surface area contributed by atoms with Gasteiger partial charge < -0.3 is 0 Å². The van der Waals surface area contributed by atoms with Gasteiger partial charge in [-0.15, -0.1) is 0 Å². The number of halogens is 1. The molecule has 0 N–H and O–H groups in total. The number of sulfone groups is 1. The predicted octanol–water partition coefficient (Wildman–Crippen LogP) is 4.12. The molecule has 1 aliphatic rings. The van der Waals surface area contributed by atoms with E-state index < -0.39 is 9.84 Å². The summed E-state index contributed by atoms with van der Waals surface area (Å²) < 4.78 is 24.1. The van der Waals surface area contributed by atoms with Gasteiger partial charge in [-0.3, -0.25) is 9.78 Å². The first kappa shape index (κ1) is 20.1. The number of hydrogen-bond donors (Lipinski definition) is 0. The molecular weight excluding hydrogens is 428 g/mol. The molecule has 0 spiro atoms. The number of Topliss-reactive ketones (excluding diaryl/α,β-unsaturated/α-hetero) is 1. The Morgan fingerprint density at radius 1 is 1.15 bits per heavy atom. The number of carbonyl (C=O) groups excluding carboxylic acids is 1. The van der Waals surface area contributed by atoms with Crippen molar-refractivity contribution in [3.63, 3.8) is 0 Å². The van der Waals surface area contributed by atoms with Crippen LogP contribution in [-0.4, -0.2) is 30.4 Å². The van der Waals surface area contributed by atoms with Gasteiger partial charge in [-0.1, -0.05) is 37.8 Å². The molecule has 1 atom stereocenters. The third kappa shape index (κ3) is 5.45. The van der Waals surface area contributed by atoms with Gasteiger partial charge in [0.15, 0.2) is 9.84 Å². The lowest BCUT2D eigenvalue weighted by Crippen LogP contribution is -2.19. The summed E-state index contributed by atoms with van der Waals surface area (Å²) in [5, 5.41) is 0. The van der Waals surface area contributed by atoms with Gasteiger partial charge in [0.05, 0.1) is 29.4 Å². The monoisotopic (exact) mass is 450 g/mol. The Hall–Kier alpha value is -1.60. The first-order chi connectivity index (χ1) is 12.8. The molecule has 1 saturated carbocycles. The first-order valence-corrected chi connectivity index (χ1v) is 11.8. The van der Waals surface area contributed by atoms with E-state index >= 15 is 0 Å². The molecule has 0 amide bonds. The van der Waals surface area contributed by atoms with Crippen molar-refractivity contribution in [2.75, 3.05) is 6.26 Å². The number of rotatable bonds is 7. The fourth-order valence-electron chi connectivity index (χ4n) is 3.71. The highest BCUT2D eigenvalue weighted by atomic mass is 79.9. The SMILES string of the molecule is CS(=O)(=O)c1ccc([C@@H](CC2CCCC2)C(=O)Cc2cnc(Br)cn2)cc1. The average molecular weight is 451 g/mol. The maximum atomic E-state index is 13.1. The van der Waals surface area contributed by atoms with Crippen molar-refractivity contribution in [2.45, 2.75) is 49.3 Å². The number of aromatic nitrogens is 2. The van der Waals surface area contributed by atoms with Crippen LogP contribution < -0.4 is 0 Å². The number of ketones is 1. The summed E-state index contributed by atoms with van der Waals surface area (Å²) in [6.45, 7) is 0. The van der Waals surface area contributed by atoms with Gasteiger partial charge in [0.2, 0.25) is 0 Å². The van der Waals surface area contributed by atoms with E-state index in [9.17, 15) is 13.2 Å². The van der Waals surface area contributed by atoms with Crippen molar-refractivity contribution >= 4 is 31.6 Å². The molecule has 1 heterocycles. The fraction of sp³-hybridized carbons (Fsp3) is 0.450. The molecule has 144 valence electrons. The van der Waals surface area contributed by atoms with Crippen LogP contribution in [0.1, 0.15) is 49.3 Å². The lowest BCUT2D eigenvalue weighted by atomic mass is 9.83. The molecule has 0 radical (unpaired) electrons. The second kappa shape index (κ2) is 8.61. The number of hydrogen-bond acceptors (Lipinski definition) is 5. The minimum Gasteiger partial charge on any atom is -0.299 e. The van der Waals surface area contributed by atoms with Crippen molar-refractivity contribution in [1.29, 1.82) is 0 Å². The second-order valence-electron chi connectivity index (χ2n) is 7.25. The summed E-state index contributed by atoms with van der Waals surface area (Å²) >= 11 is 3.25. The molecule has 1 aromatic carbocycles. The minimum atomic E-state index is -3.25. The van der Waals surface area contributed by atoms with Crippen LogP contribution in [0, 0.1) is 5.92 Å². The molecule has 0 unspecified atom stereocenters. The van der Waals surface area contributed by atoms with Gasteiger partial charge in [0, 0.05) is 12.2 Å². The van der Waals surface area contributed by atoms with Crippen LogP contribution >= 0.6 is 15.9 Å². The quantitative estimate of drug-likeness (QED) is 0.633. The van der Waals surface area contributed by atoms with Crippen LogP contribution in [0.3, 0.4) is 0 Å². The van der Waals surface area contributed by atoms with Gasteiger partial charge in [-0.2, -0.15) is 0 Å². The number of nitrogens with zero attached hydrogens (tertiary/aromatic N) is 2. The Kier molecular flexibility index (Phi) is 6.42. The Labute approximate surface area is 168 Å². The minimum absolute atomic E-state index is 0.102. The van der Waals surface area contributed by atoms with Crippen molar-refractivity contribution in [1.82, 2.24) is 9.97 Å². The molecule has 7 heteroatoms. The summed E-state index contributed by atoms with van der Waals surface area (Å²) in [7, 11) is -3.25. The largest absolute Gasteiger partial charge is 0.299 e. The summed E-state index contributed by atoms with van der Waals surface area (Å²) in [5.41, 5.74) is 1.52. The Bertz CT molecular complexity index is 890. The molecule has 1 aliphatic carbocycles. The zero-order chi connectivity index (χ0) is 19.4. The van der Waals surface area contributed by atoms with E-state index in [4.69, 9.17) is 0 Å². The summed E-state index contributed by atoms with van der Waals surface area (Å²) in [5.74, 6) is 0.405. The topological polar surface area (TPSA) is 77.0 Å². The Balaban J connectivity index is 1.83. The molecule has 0 bridgehead atoms. The molecule has 1 aromatic heterocycles. The highest BCUT2D eigenvalue weighted by Crippen LogP contribution is 2.35. The van der Waals surface area contributed by atoms with Crippen LogP contribution in [0.25, 0.3) is 0 Å². The van der Waals surface area contributed by atoms with Gasteiger partial charge in [0.25, 0.3) is 0 Å². The van der Waals surface area contributed by atoms with E-state index in [1.165, 1.54) is 19.1 Å². The molecule has 5 nitrogen and oxygen atoms in total. The maximum absolute atomic E-state index is 13.1. The van der Waals surface area contributed by atoms with E-state index in [2.05, 4.69) is 25.9 Å². The summed E-state index contributed by atoms with van der Waals surface area (Å²) in [6.07, 6.45) is 10.2. The van der Waals surface area contributed by atoms with Crippen LogP contribution in [0.5, 0.6) is 0 Å². The van der Waals surface area contributed by atoms with Crippen molar-refractivity contribution in [3.05, 3.63) is 52.5 Å². The van der Waals surface area contributed by atoms with Crippen LogP contribution in [-0.2, 0) is 21.1 Å². The van der Waals surface area contributed by atoms with Gasteiger partial charge >= 0.3 is 0 Å².